The second-order valence-electron chi connectivity index (χ2n) is 3.81. The lowest BCUT2D eigenvalue weighted by atomic mass is 10.2. The number of amides is 1. The van der Waals surface area contributed by atoms with Crippen LogP contribution >= 0.6 is 0 Å². The predicted octanol–water partition coefficient (Wildman–Crippen LogP) is 2.09. The number of aryl methyl sites for hydroxylation is 1. The Kier molecular flexibility index (Phi) is 3.24. The third-order valence-electron chi connectivity index (χ3n) is 2.28. The van der Waals surface area contributed by atoms with Crippen molar-refractivity contribution < 1.29 is 18.0 Å². The van der Waals surface area contributed by atoms with E-state index in [-0.39, 0.29) is 11.4 Å². The largest absolute Gasteiger partial charge is 0.416 e. The lowest BCUT2D eigenvalue weighted by molar-refractivity contribution is -0.137. The van der Waals surface area contributed by atoms with E-state index >= 15 is 0 Å². The summed E-state index contributed by atoms with van der Waals surface area (Å²) in [5.74, 6) is -0.618. The quantitative estimate of drug-likeness (QED) is 0.909. The summed E-state index contributed by atoms with van der Waals surface area (Å²) in [4.78, 5) is 11.7. The van der Waals surface area contributed by atoms with Gasteiger partial charge in [-0.1, -0.05) is 11.3 Å². The van der Waals surface area contributed by atoms with Gasteiger partial charge in [0.2, 0.25) is 0 Å². The van der Waals surface area contributed by atoms with Gasteiger partial charge in [-0.05, 0) is 18.2 Å². The molecule has 100 valence electrons. The van der Waals surface area contributed by atoms with Gasteiger partial charge in [-0.25, -0.2) is 0 Å². The Balaban J connectivity index is 2.18. The van der Waals surface area contributed by atoms with Crippen LogP contribution in [0.5, 0.6) is 0 Å². The molecule has 1 heterocycles. The molecule has 0 unspecified atom stereocenters. The van der Waals surface area contributed by atoms with Crippen LogP contribution < -0.4 is 5.32 Å². The lowest BCUT2D eigenvalue weighted by Gasteiger charge is -2.08. The highest BCUT2D eigenvalue weighted by atomic mass is 19.4. The van der Waals surface area contributed by atoms with Crippen molar-refractivity contribution in [2.24, 2.45) is 7.05 Å². The maximum atomic E-state index is 12.5. The average Bonchev–Trinajstić information content (AvgIpc) is 2.75. The Morgan fingerprint density at radius 3 is 2.68 bits per heavy atom. The van der Waals surface area contributed by atoms with Gasteiger partial charge in [-0.2, -0.15) is 13.2 Å². The Morgan fingerprint density at radius 1 is 1.37 bits per heavy atom. The van der Waals surface area contributed by atoms with Crippen molar-refractivity contribution >= 4 is 11.6 Å². The van der Waals surface area contributed by atoms with Crippen molar-refractivity contribution in [3.63, 3.8) is 0 Å². The number of aromatic nitrogens is 3. The number of anilines is 1. The Hall–Kier alpha value is -2.38. The summed E-state index contributed by atoms with van der Waals surface area (Å²) in [7, 11) is 1.58. The molecule has 0 radical (unpaired) electrons. The van der Waals surface area contributed by atoms with Gasteiger partial charge in [-0.3, -0.25) is 9.48 Å². The van der Waals surface area contributed by atoms with E-state index < -0.39 is 17.6 Å². The van der Waals surface area contributed by atoms with E-state index in [1.54, 1.807) is 7.05 Å². The monoisotopic (exact) mass is 270 g/mol. The average molecular weight is 270 g/mol. The van der Waals surface area contributed by atoms with E-state index in [1.165, 1.54) is 23.0 Å². The number of nitrogens with one attached hydrogen (secondary N) is 1. The fraction of sp³-hybridized carbons (Fsp3) is 0.182. The van der Waals surface area contributed by atoms with Gasteiger partial charge < -0.3 is 5.32 Å². The number of carbonyl (C=O) groups is 1. The SMILES string of the molecule is Cn1cc(C(=O)Nc2cccc(C(F)(F)F)c2)nn1. The summed E-state index contributed by atoms with van der Waals surface area (Å²) < 4.78 is 38.8. The standard InChI is InChI=1S/C11H9F3N4O/c1-18-6-9(16-17-18)10(19)15-8-4-2-3-7(5-8)11(12,13)14/h2-6H,1H3,(H,15,19). The lowest BCUT2D eigenvalue weighted by Crippen LogP contribution is -2.13. The molecule has 2 aromatic rings. The maximum absolute atomic E-state index is 12.5. The third kappa shape index (κ3) is 3.09. The number of hydrogen-bond acceptors (Lipinski definition) is 3. The highest BCUT2D eigenvalue weighted by Crippen LogP contribution is 2.30. The molecule has 5 nitrogen and oxygen atoms in total. The van der Waals surface area contributed by atoms with Crippen LogP contribution in [0.15, 0.2) is 30.5 Å². The van der Waals surface area contributed by atoms with Crippen LogP contribution in [0.4, 0.5) is 18.9 Å². The molecule has 0 aliphatic rings. The number of benzene rings is 1. The van der Waals surface area contributed by atoms with Crippen molar-refractivity contribution in [1.29, 1.82) is 0 Å². The van der Waals surface area contributed by atoms with Crippen molar-refractivity contribution in [2.45, 2.75) is 6.18 Å². The van der Waals surface area contributed by atoms with Gasteiger partial charge in [0.25, 0.3) is 5.91 Å². The molecular weight excluding hydrogens is 261 g/mol. The predicted molar refractivity (Wildman–Crippen MR) is 60.4 cm³/mol. The minimum atomic E-state index is -4.45. The van der Waals surface area contributed by atoms with E-state index in [2.05, 4.69) is 15.6 Å². The molecule has 0 saturated carbocycles. The number of halogens is 3. The molecule has 0 atom stereocenters. The van der Waals surface area contributed by atoms with Crippen molar-refractivity contribution in [3.05, 3.63) is 41.7 Å². The molecule has 2 rings (SSSR count). The minimum Gasteiger partial charge on any atom is -0.321 e. The second-order valence-corrected chi connectivity index (χ2v) is 3.81. The van der Waals surface area contributed by atoms with Crippen molar-refractivity contribution in [1.82, 2.24) is 15.0 Å². The zero-order valence-corrected chi connectivity index (χ0v) is 9.77. The number of hydrogen-bond donors (Lipinski definition) is 1. The Labute approximate surface area is 106 Å². The van der Waals surface area contributed by atoms with Crippen LogP contribution in [0.1, 0.15) is 16.1 Å². The molecule has 0 aliphatic heterocycles. The van der Waals surface area contributed by atoms with Crippen LogP contribution in [-0.2, 0) is 13.2 Å². The zero-order chi connectivity index (χ0) is 14.0. The summed E-state index contributed by atoms with van der Waals surface area (Å²) in [6.45, 7) is 0. The summed E-state index contributed by atoms with van der Waals surface area (Å²) >= 11 is 0. The van der Waals surface area contributed by atoms with E-state index in [4.69, 9.17) is 0 Å². The first-order valence-corrected chi connectivity index (χ1v) is 5.21. The normalized spacial score (nSPS) is 11.4. The highest BCUT2D eigenvalue weighted by molar-refractivity contribution is 6.02. The van der Waals surface area contributed by atoms with Gasteiger partial charge >= 0.3 is 6.18 Å². The molecule has 1 amide bonds. The van der Waals surface area contributed by atoms with Crippen LogP contribution in [0.2, 0.25) is 0 Å². The fourth-order valence-corrected chi connectivity index (χ4v) is 1.42. The van der Waals surface area contributed by atoms with E-state index in [0.717, 1.165) is 12.1 Å². The van der Waals surface area contributed by atoms with E-state index in [1.807, 2.05) is 0 Å². The first-order chi connectivity index (χ1) is 8.86. The van der Waals surface area contributed by atoms with E-state index in [0.29, 0.717) is 0 Å². The van der Waals surface area contributed by atoms with Gasteiger partial charge in [0.05, 0.1) is 11.8 Å². The molecule has 0 saturated heterocycles. The third-order valence-corrected chi connectivity index (χ3v) is 2.28. The number of nitrogens with zero attached hydrogens (tertiary/aromatic N) is 3. The maximum Gasteiger partial charge on any atom is 0.416 e. The van der Waals surface area contributed by atoms with Crippen LogP contribution in [0, 0.1) is 0 Å². The van der Waals surface area contributed by atoms with Gasteiger partial charge in [0.1, 0.15) is 0 Å². The summed E-state index contributed by atoms with van der Waals surface area (Å²) in [6.07, 6.45) is -3.09. The highest BCUT2D eigenvalue weighted by Gasteiger charge is 2.30. The first kappa shape index (κ1) is 13.1. The van der Waals surface area contributed by atoms with E-state index in [9.17, 15) is 18.0 Å². The molecule has 1 N–H and O–H groups in total. The number of rotatable bonds is 2. The topological polar surface area (TPSA) is 59.8 Å². The summed E-state index contributed by atoms with van der Waals surface area (Å²) in [5, 5.41) is 9.45. The first-order valence-electron chi connectivity index (χ1n) is 5.21. The van der Waals surface area contributed by atoms with Gasteiger partial charge in [0.15, 0.2) is 5.69 Å². The molecule has 0 fully saturated rings. The van der Waals surface area contributed by atoms with Crippen molar-refractivity contribution in [2.75, 3.05) is 5.32 Å². The van der Waals surface area contributed by atoms with Crippen LogP contribution in [-0.4, -0.2) is 20.9 Å². The Morgan fingerprint density at radius 2 is 2.11 bits per heavy atom. The smallest absolute Gasteiger partial charge is 0.321 e. The fourth-order valence-electron chi connectivity index (χ4n) is 1.42. The van der Waals surface area contributed by atoms with Crippen LogP contribution in [0.25, 0.3) is 0 Å². The summed E-state index contributed by atoms with van der Waals surface area (Å²) in [5.41, 5.74) is -0.755. The zero-order valence-electron chi connectivity index (χ0n) is 9.77. The summed E-state index contributed by atoms with van der Waals surface area (Å²) in [6, 6.07) is 4.37. The van der Waals surface area contributed by atoms with Crippen molar-refractivity contribution in [3.8, 4) is 0 Å². The molecule has 1 aromatic heterocycles. The molecule has 8 heteroatoms. The molecule has 19 heavy (non-hydrogen) atoms. The minimum absolute atomic E-state index is 0.0277. The second kappa shape index (κ2) is 4.71. The Bertz CT molecular complexity index is 606. The van der Waals surface area contributed by atoms with Gasteiger partial charge in [-0.15, -0.1) is 5.10 Å². The molecule has 0 bridgehead atoms. The number of alkyl halides is 3. The molecule has 1 aromatic carbocycles. The molecule has 0 spiro atoms. The van der Waals surface area contributed by atoms with Gasteiger partial charge in [0, 0.05) is 12.7 Å². The number of carbonyl (C=O) groups excluding carboxylic acids is 1. The molecular formula is C11H9F3N4O. The molecule has 0 aliphatic carbocycles. The van der Waals surface area contributed by atoms with Crippen LogP contribution in [0.3, 0.4) is 0 Å².